The molecule has 0 bridgehead atoms. The van der Waals surface area contributed by atoms with Gasteiger partial charge in [0.15, 0.2) is 0 Å². The van der Waals surface area contributed by atoms with Gasteiger partial charge >= 0.3 is 11.9 Å². The number of carbonyl (C=O) groups excluding carboxylic acids is 2. The van der Waals surface area contributed by atoms with Crippen LogP contribution in [0.3, 0.4) is 0 Å². The number of ether oxygens (including phenoxy) is 6. The quantitative estimate of drug-likeness (QED) is 0.0401. The zero-order chi connectivity index (χ0) is 38.9. The van der Waals surface area contributed by atoms with Gasteiger partial charge in [0.2, 0.25) is 0 Å². The van der Waals surface area contributed by atoms with Crippen LogP contribution in [-0.4, -0.2) is 87.2 Å². The summed E-state index contributed by atoms with van der Waals surface area (Å²) in [5, 5.41) is 20.0. The molecule has 2 atom stereocenters. The maximum Gasteiger partial charge on any atom is 0.333 e. The number of carbonyl (C=O) groups is 2. The molecule has 0 saturated carbocycles. The normalized spacial score (nSPS) is 13.2. The summed E-state index contributed by atoms with van der Waals surface area (Å²) in [6, 6.07) is 34.8. The number of aliphatic hydroxyl groups excluding tert-OH is 2. The van der Waals surface area contributed by atoms with Crippen LogP contribution in [0.5, 0.6) is 11.5 Å². The molecule has 0 spiro atoms. The van der Waals surface area contributed by atoms with E-state index in [0.29, 0.717) is 11.5 Å². The molecule has 0 saturated heterocycles. The van der Waals surface area contributed by atoms with Crippen molar-refractivity contribution in [3.8, 4) is 22.6 Å². The van der Waals surface area contributed by atoms with E-state index in [-0.39, 0.29) is 64.0 Å². The molecule has 0 aliphatic carbocycles. The Morgan fingerprint density at radius 2 is 0.926 bits per heavy atom. The first-order chi connectivity index (χ1) is 26.0. The van der Waals surface area contributed by atoms with Gasteiger partial charge in [-0.2, -0.15) is 0 Å². The summed E-state index contributed by atoms with van der Waals surface area (Å²) in [5.41, 5.74) is 5.48. The minimum absolute atomic E-state index is 0.00526. The van der Waals surface area contributed by atoms with Crippen molar-refractivity contribution in [2.75, 3.05) is 52.9 Å². The average molecular weight is 739 g/mol. The minimum atomic E-state index is -0.945. The van der Waals surface area contributed by atoms with E-state index in [4.69, 9.17) is 28.4 Å². The van der Waals surface area contributed by atoms with Crippen molar-refractivity contribution < 1.29 is 48.2 Å². The van der Waals surface area contributed by atoms with Crippen molar-refractivity contribution in [3.63, 3.8) is 0 Å². The van der Waals surface area contributed by atoms with Gasteiger partial charge in [0, 0.05) is 16.6 Å². The van der Waals surface area contributed by atoms with Crippen molar-refractivity contribution in [2.45, 2.75) is 38.4 Å². The highest BCUT2D eigenvalue weighted by Crippen LogP contribution is 2.40. The number of aliphatic hydroxyl groups is 2. The van der Waals surface area contributed by atoms with Crippen LogP contribution >= 0.6 is 0 Å². The van der Waals surface area contributed by atoms with Crippen LogP contribution in [0.25, 0.3) is 11.1 Å². The first-order valence-corrected chi connectivity index (χ1v) is 17.8. The van der Waals surface area contributed by atoms with Crippen molar-refractivity contribution >= 4 is 11.9 Å². The van der Waals surface area contributed by atoms with E-state index in [2.05, 4.69) is 80.7 Å². The van der Waals surface area contributed by atoms with Crippen LogP contribution < -0.4 is 9.47 Å². The molecule has 2 unspecified atom stereocenters. The number of hydrogen-bond acceptors (Lipinski definition) is 10. The van der Waals surface area contributed by atoms with Crippen LogP contribution in [0.2, 0.25) is 0 Å². The van der Waals surface area contributed by atoms with Gasteiger partial charge in [-0.05, 0) is 72.9 Å². The highest BCUT2D eigenvalue weighted by atomic mass is 16.6. The lowest BCUT2D eigenvalue weighted by Gasteiger charge is -2.32. The van der Waals surface area contributed by atoms with Gasteiger partial charge in [0.25, 0.3) is 0 Å². The van der Waals surface area contributed by atoms with Crippen LogP contribution in [-0.2, 0) is 34.0 Å². The lowest BCUT2D eigenvalue weighted by Crippen LogP contribution is -2.25. The topological polar surface area (TPSA) is 130 Å². The molecule has 10 heteroatoms. The van der Waals surface area contributed by atoms with Crippen molar-refractivity contribution in [3.05, 3.63) is 144 Å². The molecule has 0 aliphatic rings. The molecule has 4 aromatic carbocycles. The third-order valence-electron chi connectivity index (χ3n) is 8.56. The molecule has 0 fully saturated rings. The summed E-state index contributed by atoms with van der Waals surface area (Å²) in [4.78, 5) is 23.0. The zero-order valence-corrected chi connectivity index (χ0v) is 31.2. The molecule has 0 aromatic heterocycles. The summed E-state index contributed by atoms with van der Waals surface area (Å²) in [6.45, 7) is 13.0. The highest BCUT2D eigenvalue weighted by Gasteiger charge is 2.31. The Balaban J connectivity index is 1.38. The van der Waals surface area contributed by atoms with Crippen molar-refractivity contribution in [1.82, 2.24) is 0 Å². The molecule has 2 N–H and O–H groups in total. The van der Waals surface area contributed by atoms with E-state index < -0.39 is 29.6 Å². The molecular weight excluding hydrogens is 688 g/mol. The second kappa shape index (κ2) is 20.8. The van der Waals surface area contributed by atoms with Gasteiger partial charge in [-0.3, -0.25) is 0 Å². The third kappa shape index (κ3) is 12.4. The second-order valence-electron chi connectivity index (χ2n) is 13.0. The molecule has 4 aromatic rings. The van der Waals surface area contributed by atoms with Gasteiger partial charge in [-0.1, -0.05) is 92.0 Å². The van der Waals surface area contributed by atoms with E-state index in [1.807, 2.05) is 42.5 Å². The maximum absolute atomic E-state index is 11.5. The number of benzene rings is 4. The Kier molecular flexibility index (Phi) is 16.0. The fourth-order valence-corrected chi connectivity index (χ4v) is 5.46. The Morgan fingerprint density at radius 1 is 0.556 bits per heavy atom. The summed E-state index contributed by atoms with van der Waals surface area (Å²) < 4.78 is 32.7. The molecule has 4 rings (SSSR count). The maximum atomic E-state index is 11.5. The van der Waals surface area contributed by atoms with Gasteiger partial charge in [0.1, 0.15) is 50.1 Å². The predicted octanol–water partition coefficient (Wildman–Crippen LogP) is 6.46. The summed E-state index contributed by atoms with van der Waals surface area (Å²) in [6.07, 6.45) is -1.89. The standard InChI is InChI=1S/C44H50O10/c1-31(2)42(47)53-29-38(45)27-49-23-25-51-40-19-15-36(16-20-40)44(5,35-13-11-34(12-14-35)33-9-7-6-8-10-33)37-17-21-41(22-18-37)52-26-24-50-28-39(46)30-54-43(48)32(3)4/h6-22,38-39,45-46H,1,3,23-30H2,2,4-5H3. The smallest absolute Gasteiger partial charge is 0.333 e. The van der Waals surface area contributed by atoms with E-state index in [1.165, 1.54) is 0 Å². The Morgan fingerprint density at radius 3 is 1.31 bits per heavy atom. The van der Waals surface area contributed by atoms with Crippen LogP contribution in [0.1, 0.15) is 37.5 Å². The fourth-order valence-electron chi connectivity index (χ4n) is 5.46. The van der Waals surface area contributed by atoms with E-state index >= 15 is 0 Å². The van der Waals surface area contributed by atoms with Crippen LogP contribution in [0.15, 0.2) is 127 Å². The lowest BCUT2D eigenvalue weighted by atomic mass is 9.71. The third-order valence-corrected chi connectivity index (χ3v) is 8.56. The summed E-state index contributed by atoms with van der Waals surface area (Å²) in [7, 11) is 0. The fraction of sp³-hybridized carbons (Fsp3) is 0.318. The molecule has 0 aliphatic heterocycles. The Hall–Kier alpha value is -5.26. The van der Waals surface area contributed by atoms with Gasteiger partial charge in [-0.25, -0.2) is 9.59 Å². The van der Waals surface area contributed by atoms with Crippen LogP contribution in [0, 0.1) is 0 Å². The molecule has 0 heterocycles. The largest absolute Gasteiger partial charge is 0.491 e. The van der Waals surface area contributed by atoms with Gasteiger partial charge in [-0.15, -0.1) is 0 Å². The van der Waals surface area contributed by atoms with Crippen molar-refractivity contribution in [2.24, 2.45) is 0 Å². The van der Waals surface area contributed by atoms with Crippen molar-refractivity contribution in [1.29, 1.82) is 0 Å². The van der Waals surface area contributed by atoms with Gasteiger partial charge in [0.05, 0.1) is 26.4 Å². The lowest BCUT2D eigenvalue weighted by molar-refractivity contribution is -0.143. The minimum Gasteiger partial charge on any atom is -0.491 e. The summed E-state index contributed by atoms with van der Waals surface area (Å²) >= 11 is 0. The van der Waals surface area contributed by atoms with E-state index in [9.17, 15) is 19.8 Å². The first-order valence-electron chi connectivity index (χ1n) is 17.8. The Labute approximate surface area is 317 Å². The number of hydrogen-bond donors (Lipinski definition) is 2. The first kappa shape index (κ1) is 41.5. The molecule has 286 valence electrons. The molecule has 0 radical (unpaired) electrons. The Bertz CT molecular complexity index is 1690. The van der Waals surface area contributed by atoms with E-state index in [1.54, 1.807) is 13.8 Å². The van der Waals surface area contributed by atoms with Crippen LogP contribution in [0.4, 0.5) is 0 Å². The number of rotatable bonds is 22. The van der Waals surface area contributed by atoms with Gasteiger partial charge < -0.3 is 38.6 Å². The predicted molar refractivity (Wildman–Crippen MR) is 207 cm³/mol. The molecule has 0 amide bonds. The molecule has 10 nitrogen and oxygen atoms in total. The zero-order valence-electron chi connectivity index (χ0n) is 31.2. The monoisotopic (exact) mass is 738 g/mol. The molecule has 54 heavy (non-hydrogen) atoms. The average Bonchev–Trinajstić information content (AvgIpc) is 3.19. The SMILES string of the molecule is C=C(C)C(=O)OCC(O)COCCOc1ccc(C(C)(c2ccc(OCCOCC(O)COC(=O)C(=C)C)cc2)c2ccc(-c3ccccc3)cc2)cc1. The second-order valence-corrected chi connectivity index (χ2v) is 13.0. The van der Waals surface area contributed by atoms with E-state index in [0.717, 1.165) is 27.8 Å². The summed E-state index contributed by atoms with van der Waals surface area (Å²) in [5.74, 6) is 0.238. The molecular formula is C44H50O10. The highest BCUT2D eigenvalue weighted by molar-refractivity contribution is 5.87. The number of esters is 2.